The third kappa shape index (κ3) is 2.47. The quantitative estimate of drug-likeness (QED) is 0.606. The Morgan fingerprint density at radius 2 is 1.21 bits per heavy atom. The predicted molar refractivity (Wildman–Crippen MR) is 27.3 cm³/mol. The van der Waals surface area contributed by atoms with Crippen LogP contribution in [0.15, 0.2) is 0 Å². The van der Waals surface area contributed by atoms with Crippen LogP contribution in [0.5, 0.6) is 0 Å². The number of rotatable bonds is 3. The van der Waals surface area contributed by atoms with Crippen LogP contribution in [0.2, 0.25) is 0 Å². The molecule has 14 heavy (non-hydrogen) atoms. The van der Waals surface area contributed by atoms with Gasteiger partial charge in [-0.25, -0.2) is 8.42 Å². The summed E-state index contributed by atoms with van der Waals surface area (Å²) in [5.74, 6) is -6.57. The van der Waals surface area contributed by atoms with Gasteiger partial charge in [-0.1, -0.05) is 0 Å². The molecule has 0 rings (SSSR count). The first kappa shape index (κ1) is 13.4. The minimum atomic E-state index is -6.61. The lowest BCUT2D eigenvalue weighted by atomic mass is 10.3. The first-order chi connectivity index (χ1) is 5.92. The van der Waals surface area contributed by atoms with Crippen molar-refractivity contribution in [3.8, 4) is 0 Å². The Kier molecular flexibility index (Phi) is 3.38. The van der Waals surface area contributed by atoms with Crippen LogP contribution in [0, 0.1) is 0 Å². The van der Waals surface area contributed by atoms with Crippen LogP contribution in [0.1, 0.15) is 0 Å². The molecule has 86 valence electrons. The van der Waals surface area contributed by atoms with Crippen molar-refractivity contribution in [2.75, 3.05) is 0 Å². The normalized spacial score (nSPS) is 14.9. The SMILES string of the molecule is O=[SH](=O)OC(F)(F)C(F)(F)C(F)(F)F. The molecule has 0 saturated carbocycles. The van der Waals surface area contributed by atoms with Crippen molar-refractivity contribution in [1.29, 1.82) is 0 Å². The Hall–Kier alpha value is -0.580. The van der Waals surface area contributed by atoms with Crippen molar-refractivity contribution in [2.24, 2.45) is 0 Å². The molecule has 0 heterocycles. The van der Waals surface area contributed by atoms with Gasteiger partial charge < -0.3 is 0 Å². The molecule has 0 aromatic rings. The van der Waals surface area contributed by atoms with Gasteiger partial charge in [0, 0.05) is 0 Å². The summed E-state index contributed by atoms with van der Waals surface area (Å²) in [6.45, 7) is 0. The molecule has 0 aliphatic rings. The van der Waals surface area contributed by atoms with E-state index in [0.29, 0.717) is 0 Å². The van der Waals surface area contributed by atoms with Gasteiger partial charge in [0.25, 0.3) is 11.0 Å². The van der Waals surface area contributed by atoms with E-state index in [2.05, 4.69) is 4.18 Å². The third-order valence-corrected chi connectivity index (χ3v) is 1.29. The molecule has 0 radical (unpaired) electrons. The van der Waals surface area contributed by atoms with E-state index in [-0.39, 0.29) is 0 Å². The summed E-state index contributed by atoms with van der Waals surface area (Å²) < 4.78 is 102. The Bertz CT molecular complexity index is 270. The lowest BCUT2D eigenvalue weighted by Gasteiger charge is -2.25. The van der Waals surface area contributed by atoms with E-state index in [0.717, 1.165) is 0 Å². The molecule has 0 aromatic carbocycles. The second kappa shape index (κ2) is 3.53. The molecule has 0 bridgehead atoms. The van der Waals surface area contributed by atoms with Gasteiger partial charge in [0.15, 0.2) is 0 Å². The van der Waals surface area contributed by atoms with E-state index in [1.807, 2.05) is 0 Å². The third-order valence-electron chi connectivity index (χ3n) is 0.911. The highest BCUT2D eigenvalue weighted by atomic mass is 32.2. The van der Waals surface area contributed by atoms with Gasteiger partial charge >= 0.3 is 18.2 Å². The standard InChI is InChI=1S/C3HF7O3S/c4-1(5,2(6,7)8)3(9,10)13-14(11)12/h14H. The van der Waals surface area contributed by atoms with Crippen LogP contribution in [-0.4, -0.2) is 26.6 Å². The molecule has 0 aliphatic heterocycles. The molecule has 0 fully saturated rings. The fraction of sp³-hybridized carbons (Fsp3) is 1.00. The van der Waals surface area contributed by atoms with Crippen LogP contribution >= 0.6 is 0 Å². The van der Waals surface area contributed by atoms with E-state index >= 15 is 0 Å². The highest BCUT2D eigenvalue weighted by Gasteiger charge is 2.75. The lowest BCUT2D eigenvalue weighted by molar-refractivity contribution is -0.401. The second-order valence-corrected chi connectivity index (χ2v) is 2.53. The number of halogens is 7. The smallest absolute Gasteiger partial charge is 0.202 e. The van der Waals surface area contributed by atoms with Crippen LogP contribution in [0.25, 0.3) is 0 Å². The molecule has 11 heteroatoms. The summed E-state index contributed by atoms with van der Waals surface area (Å²) in [7, 11) is -4.53. The Labute approximate surface area is 73.6 Å². The summed E-state index contributed by atoms with van der Waals surface area (Å²) in [5.41, 5.74) is 0. The van der Waals surface area contributed by atoms with Crippen LogP contribution in [0.3, 0.4) is 0 Å². The molecule has 0 N–H and O–H groups in total. The van der Waals surface area contributed by atoms with E-state index in [1.54, 1.807) is 0 Å². The van der Waals surface area contributed by atoms with Gasteiger partial charge in [0.05, 0.1) is 0 Å². The Morgan fingerprint density at radius 1 is 0.857 bits per heavy atom. The minimum Gasteiger partial charge on any atom is -0.202 e. The topological polar surface area (TPSA) is 43.4 Å². The Morgan fingerprint density at radius 3 is 1.43 bits per heavy atom. The number of hydrogen-bond acceptors (Lipinski definition) is 3. The van der Waals surface area contributed by atoms with Gasteiger partial charge in [0.2, 0.25) is 0 Å². The lowest BCUT2D eigenvalue weighted by Crippen LogP contribution is -2.53. The molecule has 0 amide bonds. The highest BCUT2D eigenvalue weighted by molar-refractivity contribution is 7.67. The molecule has 0 unspecified atom stereocenters. The van der Waals surface area contributed by atoms with Gasteiger partial charge in [-0.3, -0.25) is 0 Å². The summed E-state index contributed by atoms with van der Waals surface area (Å²) in [5, 5.41) is 0. The van der Waals surface area contributed by atoms with Crippen molar-refractivity contribution >= 4 is 11.0 Å². The zero-order valence-electron chi connectivity index (χ0n) is 5.82. The maximum atomic E-state index is 11.9. The highest BCUT2D eigenvalue weighted by Crippen LogP contribution is 2.46. The summed E-state index contributed by atoms with van der Waals surface area (Å²) >= 11 is 0. The van der Waals surface area contributed by atoms with E-state index in [9.17, 15) is 39.2 Å². The number of hydrogen-bond donors (Lipinski definition) is 1. The monoisotopic (exact) mass is 250 g/mol. The summed E-state index contributed by atoms with van der Waals surface area (Å²) in [4.78, 5) is 0. The zero-order valence-corrected chi connectivity index (χ0v) is 6.71. The van der Waals surface area contributed by atoms with Crippen LogP contribution < -0.4 is 0 Å². The number of alkyl halides is 7. The molecule has 0 aliphatic carbocycles. The molecule has 3 nitrogen and oxygen atoms in total. The second-order valence-electron chi connectivity index (χ2n) is 1.90. The van der Waals surface area contributed by atoms with Crippen molar-refractivity contribution in [3.63, 3.8) is 0 Å². The average Bonchev–Trinajstić information content (AvgIpc) is 1.80. The molecule has 0 saturated heterocycles. The van der Waals surface area contributed by atoms with Crippen molar-refractivity contribution < 1.29 is 43.3 Å². The molecule has 0 atom stereocenters. The molecular formula is C3HF7O3S. The summed E-state index contributed by atoms with van der Waals surface area (Å²) in [6.07, 6.45) is -12.8. The first-order valence-electron chi connectivity index (χ1n) is 2.57. The molecular weight excluding hydrogens is 249 g/mol. The zero-order chi connectivity index (χ0) is 11.8. The molecule has 0 aromatic heterocycles. The van der Waals surface area contributed by atoms with Crippen molar-refractivity contribution in [3.05, 3.63) is 0 Å². The van der Waals surface area contributed by atoms with Crippen LogP contribution in [0.4, 0.5) is 30.7 Å². The van der Waals surface area contributed by atoms with E-state index < -0.39 is 29.2 Å². The summed E-state index contributed by atoms with van der Waals surface area (Å²) in [6, 6.07) is 0. The Balaban J connectivity index is 5.06. The van der Waals surface area contributed by atoms with E-state index in [4.69, 9.17) is 0 Å². The van der Waals surface area contributed by atoms with Crippen molar-refractivity contribution in [2.45, 2.75) is 18.2 Å². The maximum Gasteiger partial charge on any atom is 0.462 e. The first-order valence-corrected chi connectivity index (χ1v) is 3.67. The fourth-order valence-electron chi connectivity index (χ4n) is 0.316. The van der Waals surface area contributed by atoms with Crippen LogP contribution in [-0.2, 0) is 15.2 Å². The fourth-order valence-corrected chi connectivity index (χ4v) is 0.618. The maximum absolute atomic E-state index is 11.9. The minimum absolute atomic E-state index is 2.18. The molecule has 0 spiro atoms. The van der Waals surface area contributed by atoms with Crippen molar-refractivity contribution in [1.82, 2.24) is 0 Å². The average molecular weight is 250 g/mol. The van der Waals surface area contributed by atoms with E-state index in [1.165, 1.54) is 0 Å². The predicted octanol–water partition coefficient (Wildman–Crippen LogP) is 1.32. The number of thiol groups is 1. The van der Waals surface area contributed by atoms with Gasteiger partial charge in [-0.15, -0.1) is 0 Å². The van der Waals surface area contributed by atoms with Gasteiger partial charge in [-0.05, 0) is 0 Å². The van der Waals surface area contributed by atoms with Gasteiger partial charge in [0.1, 0.15) is 0 Å². The largest absolute Gasteiger partial charge is 0.462 e. The van der Waals surface area contributed by atoms with Gasteiger partial charge in [-0.2, -0.15) is 34.9 Å².